The van der Waals surface area contributed by atoms with E-state index in [0.29, 0.717) is 0 Å². The van der Waals surface area contributed by atoms with Gasteiger partial charge in [-0.1, -0.05) is 0 Å². The van der Waals surface area contributed by atoms with Crippen molar-refractivity contribution in [2.45, 2.75) is 13.8 Å². The van der Waals surface area contributed by atoms with Crippen LogP contribution in [0.25, 0.3) is 0 Å². The largest absolute Gasteiger partial charge is 2.00 e. The number of carboxylic acid groups (broad SMARTS) is 2. The van der Waals surface area contributed by atoms with Crippen molar-refractivity contribution in [2.24, 2.45) is 0 Å². The molecule has 8 heteroatoms. The zero-order valence-electron chi connectivity index (χ0n) is 8.43. The Labute approximate surface area is 103 Å². The minimum Gasteiger partial charge on any atom is -0.550 e. The van der Waals surface area contributed by atoms with Gasteiger partial charge in [0.15, 0.2) is 6.39 Å². The first-order valence-corrected chi connectivity index (χ1v) is 3.14. The van der Waals surface area contributed by atoms with E-state index in [0.717, 1.165) is 13.8 Å². The van der Waals surface area contributed by atoms with Crippen LogP contribution in [0.5, 0.6) is 0 Å². The number of carboxylic acids is 2. The number of carbonyl (C=O) groups excluding carboxylic acids is 2. The second-order valence-corrected chi connectivity index (χ2v) is 1.66. The summed E-state index contributed by atoms with van der Waals surface area (Å²) in [6.45, 7) is 1.94. The van der Waals surface area contributed by atoms with Crippen LogP contribution in [0, 0.1) is 0 Å². The van der Waals surface area contributed by atoms with Gasteiger partial charge in [-0.05, 0) is 13.8 Å². The van der Waals surface area contributed by atoms with Crippen molar-refractivity contribution in [3.8, 4) is 0 Å². The Kier molecular flexibility index (Phi) is 29.3. The first kappa shape index (κ1) is 23.6. The molecule has 0 saturated heterocycles. The maximum Gasteiger partial charge on any atom is 2.00 e. The molecule has 82 valence electrons. The van der Waals surface area contributed by atoms with Gasteiger partial charge in [0.25, 0.3) is 0 Å². The zero-order chi connectivity index (χ0) is 10.7. The third-order valence-corrected chi connectivity index (χ3v) is 0.347. The van der Waals surface area contributed by atoms with E-state index in [1.54, 1.807) is 6.20 Å². The Morgan fingerprint density at radius 1 is 1.20 bits per heavy atom. The van der Waals surface area contributed by atoms with E-state index in [4.69, 9.17) is 19.8 Å². The second-order valence-electron chi connectivity index (χ2n) is 1.66. The van der Waals surface area contributed by atoms with Crippen LogP contribution in [0.15, 0.2) is 23.3 Å². The van der Waals surface area contributed by atoms with Crippen LogP contribution in [-0.4, -0.2) is 45.5 Å². The molecule has 2 N–H and O–H groups in total. The van der Waals surface area contributed by atoms with Crippen LogP contribution in [0.3, 0.4) is 0 Å². The summed E-state index contributed by atoms with van der Waals surface area (Å²) in [4.78, 5) is 21.3. The molecule has 0 saturated carbocycles. The van der Waals surface area contributed by atoms with Gasteiger partial charge in [0, 0.05) is 11.9 Å². The number of aromatic nitrogens is 1. The number of oxazole rings is 1. The molecule has 0 spiro atoms. The molecular formula is C7H11MgNO6. The number of nitrogens with zero attached hydrogens (tertiary/aromatic N) is 1. The molecule has 0 aliphatic heterocycles. The van der Waals surface area contributed by atoms with E-state index in [1.165, 1.54) is 12.7 Å². The standard InChI is InChI=1S/C3H3NO.2C2H4O2.Mg.H2O/c1-2-5-3-4-1;2*1-2(3)4;;/h1-3H;2*1H3,(H,3,4);;1H2/q;;;+2;/p-2. The monoisotopic (exact) mass is 229 g/mol. The Hall–Kier alpha value is -1.12. The number of hydrogen-bond acceptors (Lipinski definition) is 6. The fraction of sp³-hybridized carbons (Fsp3) is 0.286. The molecule has 0 aromatic carbocycles. The van der Waals surface area contributed by atoms with Crippen molar-refractivity contribution in [3.63, 3.8) is 0 Å². The van der Waals surface area contributed by atoms with Gasteiger partial charge in [0.1, 0.15) is 6.26 Å². The molecule has 0 bridgehead atoms. The van der Waals surface area contributed by atoms with Gasteiger partial charge in [-0.3, -0.25) is 0 Å². The Morgan fingerprint density at radius 3 is 1.60 bits per heavy atom. The van der Waals surface area contributed by atoms with Crippen LogP contribution in [0.4, 0.5) is 0 Å². The third-order valence-electron chi connectivity index (χ3n) is 0.347. The summed E-state index contributed by atoms with van der Waals surface area (Å²) in [7, 11) is 0. The summed E-state index contributed by atoms with van der Waals surface area (Å²) in [5, 5.41) is 17.8. The fourth-order valence-corrected chi connectivity index (χ4v) is 0.176. The molecule has 0 atom stereocenters. The van der Waals surface area contributed by atoms with Crippen molar-refractivity contribution in [1.29, 1.82) is 0 Å². The molecule has 1 aromatic heterocycles. The Morgan fingerprint density at radius 2 is 1.53 bits per heavy atom. The maximum absolute atomic E-state index is 8.89. The summed E-state index contributed by atoms with van der Waals surface area (Å²) < 4.78 is 4.47. The molecule has 0 radical (unpaired) electrons. The van der Waals surface area contributed by atoms with Crippen LogP contribution in [0.1, 0.15) is 13.8 Å². The number of aliphatic carboxylic acids is 2. The summed E-state index contributed by atoms with van der Waals surface area (Å²) in [6, 6.07) is 0. The molecule has 15 heavy (non-hydrogen) atoms. The zero-order valence-corrected chi connectivity index (χ0v) is 9.84. The van der Waals surface area contributed by atoms with Gasteiger partial charge in [-0.25, -0.2) is 4.98 Å². The topological polar surface area (TPSA) is 138 Å². The minimum atomic E-state index is -1.08. The molecule has 1 aromatic rings. The van der Waals surface area contributed by atoms with Gasteiger partial charge in [0.2, 0.25) is 0 Å². The van der Waals surface area contributed by atoms with Crippen LogP contribution in [-0.2, 0) is 9.59 Å². The third kappa shape index (κ3) is 101. The molecule has 1 heterocycles. The van der Waals surface area contributed by atoms with Crippen molar-refractivity contribution in [2.75, 3.05) is 0 Å². The van der Waals surface area contributed by atoms with Gasteiger partial charge < -0.3 is 29.7 Å². The number of hydrogen-bond donors (Lipinski definition) is 0. The van der Waals surface area contributed by atoms with Crippen LogP contribution < -0.4 is 10.2 Å². The first-order valence-electron chi connectivity index (χ1n) is 3.14. The average Bonchev–Trinajstić information content (AvgIpc) is 2.35. The maximum atomic E-state index is 8.89. The van der Waals surface area contributed by atoms with E-state index >= 15 is 0 Å². The predicted molar refractivity (Wildman–Crippen MR) is 47.2 cm³/mol. The molecule has 7 nitrogen and oxygen atoms in total. The summed E-state index contributed by atoms with van der Waals surface area (Å²) in [5.41, 5.74) is 0. The molecular weight excluding hydrogens is 218 g/mol. The predicted octanol–water partition coefficient (Wildman–Crippen LogP) is -3.02. The quantitative estimate of drug-likeness (QED) is 0.434. The van der Waals surface area contributed by atoms with Crippen LogP contribution >= 0.6 is 0 Å². The number of carbonyl (C=O) groups is 2. The summed E-state index contributed by atoms with van der Waals surface area (Å²) in [6.07, 6.45) is 4.47. The van der Waals surface area contributed by atoms with Gasteiger partial charge in [-0.2, -0.15) is 0 Å². The summed E-state index contributed by atoms with van der Waals surface area (Å²) >= 11 is 0. The van der Waals surface area contributed by atoms with Crippen molar-refractivity contribution < 1.29 is 29.7 Å². The minimum absolute atomic E-state index is 0. The van der Waals surface area contributed by atoms with Gasteiger partial charge in [0.05, 0.1) is 6.20 Å². The Balaban J connectivity index is -0.0000000575. The van der Waals surface area contributed by atoms with Crippen molar-refractivity contribution in [3.05, 3.63) is 18.9 Å². The molecule has 0 amide bonds. The van der Waals surface area contributed by atoms with E-state index < -0.39 is 11.9 Å². The van der Waals surface area contributed by atoms with Crippen molar-refractivity contribution >= 4 is 35.0 Å². The number of rotatable bonds is 0. The van der Waals surface area contributed by atoms with E-state index in [1.807, 2.05) is 0 Å². The fourth-order valence-electron chi connectivity index (χ4n) is 0.176. The first-order chi connectivity index (χ1) is 5.96. The molecule has 0 unspecified atom stereocenters. The molecule has 0 aliphatic carbocycles. The van der Waals surface area contributed by atoms with E-state index in [9.17, 15) is 0 Å². The molecule has 1 rings (SSSR count). The summed E-state index contributed by atoms with van der Waals surface area (Å²) in [5.74, 6) is -2.17. The van der Waals surface area contributed by atoms with Gasteiger partial charge in [-0.15, -0.1) is 0 Å². The van der Waals surface area contributed by atoms with Crippen LogP contribution in [0.2, 0.25) is 0 Å². The molecule has 0 fully saturated rings. The molecule has 0 aliphatic rings. The van der Waals surface area contributed by atoms with E-state index in [2.05, 4.69) is 9.40 Å². The van der Waals surface area contributed by atoms with Crippen molar-refractivity contribution in [1.82, 2.24) is 4.98 Å². The van der Waals surface area contributed by atoms with Gasteiger partial charge >= 0.3 is 23.1 Å². The average molecular weight is 229 g/mol. The Bertz CT molecular complexity index is 188. The normalized spacial score (nSPS) is 6.00. The second kappa shape index (κ2) is 18.6. The van der Waals surface area contributed by atoms with E-state index in [-0.39, 0.29) is 28.5 Å². The smallest absolute Gasteiger partial charge is 0.550 e. The SMILES string of the molecule is CC(=O)[O-].CC(=O)[O-].O.[Mg+2].c1cocn1.